The molecule has 1 atom stereocenters. The first-order chi connectivity index (χ1) is 8.95. The molecule has 0 heterocycles. The van der Waals surface area contributed by atoms with E-state index in [0.29, 0.717) is 18.0 Å². The van der Waals surface area contributed by atoms with Gasteiger partial charge in [0.15, 0.2) is 5.84 Å². The lowest BCUT2D eigenvalue weighted by molar-refractivity contribution is -0.127. The van der Waals surface area contributed by atoms with E-state index in [1.54, 1.807) is 19.9 Å². The van der Waals surface area contributed by atoms with E-state index in [2.05, 4.69) is 10.5 Å². The van der Waals surface area contributed by atoms with E-state index in [4.69, 9.17) is 22.5 Å². The van der Waals surface area contributed by atoms with Gasteiger partial charge in [-0.1, -0.05) is 41.9 Å². The van der Waals surface area contributed by atoms with Crippen LogP contribution in [0, 0.1) is 5.41 Å². The molecule has 0 aliphatic heterocycles. The number of carbonyl (C=O) groups excluding carboxylic acids is 1. The van der Waals surface area contributed by atoms with Crippen molar-refractivity contribution in [3.63, 3.8) is 0 Å². The van der Waals surface area contributed by atoms with Gasteiger partial charge in [-0.05, 0) is 25.0 Å². The zero-order valence-corrected chi connectivity index (χ0v) is 11.7. The van der Waals surface area contributed by atoms with Crippen molar-refractivity contribution in [2.75, 3.05) is 0 Å². The molecule has 0 saturated heterocycles. The van der Waals surface area contributed by atoms with Crippen LogP contribution in [0.4, 0.5) is 0 Å². The highest BCUT2D eigenvalue weighted by molar-refractivity contribution is 6.31. The monoisotopic (exact) mass is 283 g/mol. The number of hydrogen-bond donors (Lipinski definition) is 3. The number of oxime groups is 1. The fourth-order valence-corrected chi connectivity index (χ4v) is 1.78. The third-order valence-electron chi connectivity index (χ3n) is 3.28. The van der Waals surface area contributed by atoms with Gasteiger partial charge in [0, 0.05) is 11.6 Å². The molecule has 4 N–H and O–H groups in total. The van der Waals surface area contributed by atoms with Crippen molar-refractivity contribution in [1.29, 1.82) is 0 Å². The lowest BCUT2D eigenvalue weighted by Gasteiger charge is -2.25. The second-order valence-electron chi connectivity index (χ2n) is 4.44. The topological polar surface area (TPSA) is 87.7 Å². The molecule has 0 saturated carbocycles. The Kier molecular flexibility index (Phi) is 5.18. The number of halogens is 1. The number of nitrogens with one attached hydrogen (secondary N) is 1. The number of rotatable bonds is 5. The Morgan fingerprint density at radius 2 is 2.16 bits per heavy atom. The van der Waals surface area contributed by atoms with Crippen LogP contribution in [0.3, 0.4) is 0 Å². The number of carbonyl (C=O) groups is 1. The first-order valence-corrected chi connectivity index (χ1v) is 6.33. The zero-order valence-electron chi connectivity index (χ0n) is 11.0. The van der Waals surface area contributed by atoms with Crippen LogP contribution in [0.2, 0.25) is 5.02 Å². The molecule has 0 radical (unpaired) electrons. The number of amidine groups is 1. The molecular formula is C13H18ClN3O2. The molecule has 0 fully saturated rings. The van der Waals surface area contributed by atoms with Crippen molar-refractivity contribution in [3.8, 4) is 0 Å². The summed E-state index contributed by atoms with van der Waals surface area (Å²) in [5, 5.41) is 15.0. The smallest absolute Gasteiger partial charge is 0.233 e. The van der Waals surface area contributed by atoms with Gasteiger partial charge in [0.2, 0.25) is 5.91 Å². The molecule has 1 rings (SSSR count). The van der Waals surface area contributed by atoms with E-state index in [9.17, 15) is 4.79 Å². The second kappa shape index (κ2) is 6.43. The van der Waals surface area contributed by atoms with Crippen LogP contribution in [0.15, 0.2) is 29.4 Å². The molecule has 19 heavy (non-hydrogen) atoms. The first-order valence-electron chi connectivity index (χ1n) is 5.95. The maximum Gasteiger partial charge on any atom is 0.233 e. The van der Waals surface area contributed by atoms with Gasteiger partial charge in [0.1, 0.15) is 5.41 Å². The molecule has 0 aliphatic rings. The lowest BCUT2D eigenvalue weighted by Crippen LogP contribution is -2.47. The summed E-state index contributed by atoms with van der Waals surface area (Å²) >= 11 is 6.01. The van der Waals surface area contributed by atoms with Gasteiger partial charge in [-0.3, -0.25) is 4.79 Å². The highest BCUT2D eigenvalue weighted by Gasteiger charge is 2.36. The van der Waals surface area contributed by atoms with Gasteiger partial charge in [-0.25, -0.2) is 0 Å². The van der Waals surface area contributed by atoms with E-state index < -0.39 is 5.41 Å². The third-order valence-corrected chi connectivity index (χ3v) is 3.65. The summed E-state index contributed by atoms with van der Waals surface area (Å²) in [5.74, 6) is -0.406. The van der Waals surface area contributed by atoms with Gasteiger partial charge in [-0.15, -0.1) is 0 Å². The van der Waals surface area contributed by atoms with Gasteiger partial charge in [-0.2, -0.15) is 0 Å². The SMILES string of the molecule is CCC(C)(C(=O)NCc1ccccc1Cl)/C(N)=N/O. The number of benzene rings is 1. The number of amides is 1. The summed E-state index contributed by atoms with van der Waals surface area (Å²) in [4.78, 5) is 12.2. The maximum absolute atomic E-state index is 12.2. The standard InChI is InChI=1S/C13H18ClN3O2/c1-3-13(2,11(15)17-19)12(18)16-8-9-6-4-5-7-10(9)14/h4-7,19H,3,8H2,1-2H3,(H2,15,17)(H,16,18). The molecule has 0 aromatic heterocycles. The fraction of sp³-hybridized carbons (Fsp3) is 0.385. The lowest BCUT2D eigenvalue weighted by atomic mass is 9.85. The Hall–Kier alpha value is -1.75. The van der Waals surface area contributed by atoms with Crippen LogP contribution < -0.4 is 11.1 Å². The molecule has 0 spiro atoms. The van der Waals surface area contributed by atoms with E-state index >= 15 is 0 Å². The van der Waals surface area contributed by atoms with Gasteiger partial charge in [0.05, 0.1) is 0 Å². The Bertz CT molecular complexity index is 491. The molecule has 1 aromatic rings. The summed E-state index contributed by atoms with van der Waals surface area (Å²) in [6, 6.07) is 7.25. The van der Waals surface area contributed by atoms with Gasteiger partial charge in [0.25, 0.3) is 0 Å². The van der Waals surface area contributed by atoms with Gasteiger partial charge >= 0.3 is 0 Å². The average molecular weight is 284 g/mol. The average Bonchev–Trinajstić information content (AvgIpc) is 2.44. The van der Waals surface area contributed by atoms with Crippen molar-refractivity contribution in [2.24, 2.45) is 16.3 Å². The van der Waals surface area contributed by atoms with E-state index in [0.717, 1.165) is 5.56 Å². The molecule has 0 aliphatic carbocycles. The van der Waals surface area contributed by atoms with Crippen LogP contribution in [-0.4, -0.2) is 17.0 Å². The zero-order chi connectivity index (χ0) is 14.5. The van der Waals surface area contributed by atoms with Crippen LogP contribution in [-0.2, 0) is 11.3 Å². The van der Waals surface area contributed by atoms with E-state index in [-0.39, 0.29) is 11.7 Å². The number of nitrogens with two attached hydrogens (primary N) is 1. The molecule has 104 valence electrons. The Morgan fingerprint density at radius 3 is 2.68 bits per heavy atom. The molecule has 6 heteroatoms. The number of nitrogens with zero attached hydrogens (tertiary/aromatic N) is 1. The molecular weight excluding hydrogens is 266 g/mol. The van der Waals surface area contributed by atoms with Crippen molar-refractivity contribution in [1.82, 2.24) is 5.32 Å². The predicted octanol–water partition coefficient (Wildman–Crippen LogP) is 2.12. The van der Waals surface area contributed by atoms with Crippen molar-refractivity contribution in [2.45, 2.75) is 26.8 Å². The molecule has 1 aromatic carbocycles. The highest BCUT2D eigenvalue weighted by Crippen LogP contribution is 2.22. The Morgan fingerprint density at radius 1 is 1.53 bits per heavy atom. The Labute approximate surface area is 117 Å². The minimum atomic E-state index is -1.03. The Balaban J connectivity index is 2.78. The van der Waals surface area contributed by atoms with Crippen molar-refractivity contribution in [3.05, 3.63) is 34.9 Å². The maximum atomic E-state index is 12.2. The minimum absolute atomic E-state index is 0.105. The molecule has 1 amide bonds. The largest absolute Gasteiger partial charge is 0.409 e. The summed E-state index contributed by atoms with van der Waals surface area (Å²) in [6.45, 7) is 3.73. The highest BCUT2D eigenvalue weighted by atomic mass is 35.5. The summed E-state index contributed by atoms with van der Waals surface area (Å²) < 4.78 is 0. The van der Waals surface area contributed by atoms with Crippen LogP contribution in [0.1, 0.15) is 25.8 Å². The third kappa shape index (κ3) is 3.38. The summed E-state index contributed by atoms with van der Waals surface area (Å²) in [7, 11) is 0. The van der Waals surface area contributed by atoms with Crippen LogP contribution >= 0.6 is 11.6 Å². The summed E-state index contributed by atoms with van der Waals surface area (Å²) in [6.07, 6.45) is 0.428. The fourth-order valence-electron chi connectivity index (χ4n) is 1.58. The number of hydrogen-bond acceptors (Lipinski definition) is 3. The molecule has 5 nitrogen and oxygen atoms in total. The quantitative estimate of drug-likeness (QED) is 0.335. The molecule has 0 bridgehead atoms. The predicted molar refractivity (Wildman–Crippen MR) is 75.1 cm³/mol. The first kappa shape index (κ1) is 15.3. The van der Waals surface area contributed by atoms with Gasteiger partial charge < -0.3 is 16.3 Å². The van der Waals surface area contributed by atoms with Crippen molar-refractivity contribution >= 4 is 23.3 Å². The van der Waals surface area contributed by atoms with Crippen molar-refractivity contribution < 1.29 is 10.0 Å². The minimum Gasteiger partial charge on any atom is -0.409 e. The van der Waals surface area contributed by atoms with E-state index in [1.165, 1.54) is 0 Å². The normalized spacial score (nSPS) is 14.8. The second-order valence-corrected chi connectivity index (χ2v) is 4.85. The summed E-state index contributed by atoms with van der Waals surface area (Å²) in [5.41, 5.74) is 5.36. The van der Waals surface area contributed by atoms with E-state index in [1.807, 2.05) is 18.2 Å². The van der Waals surface area contributed by atoms with Crippen LogP contribution in [0.25, 0.3) is 0 Å². The van der Waals surface area contributed by atoms with Crippen LogP contribution in [0.5, 0.6) is 0 Å². The molecule has 1 unspecified atom stereocenters.